The van der Waals surface area contributed by atoms with E-state index in [1.54, 1.807) is 43.5 Å². The number of piperidine rings is 1. The van der Waals surface area contributed by atoms with Gasteiger partial charge in [0.15, 0.2) is 0 Å². The van der Waals surface area contributed by atoms with Crippen LogP contribution in [-0.4, -0.2) is 36.9 Å². The van der Waals surface area contributed by atoms with Crippen LogP contribution in [0.15, 0.2) is 66.7 Å². The second-order valence-corrected chi connectivity index (χ2v) is 8.77. The quantitative estimate of drug-likeness (QED) is 0.511. The Morgan fingerprint density at radius 1 is 1.09 bits per heavy atom. The number of halogens is 2. The fraction of sp³-hybridized carbons (Fsp3) is 0.259. The van der Waals surface area contributed by atoms with Crippen LogP contribution in [0.1, 0.15) is 50.6 Å². The van der Waals surface area contributed by atoms with Gasteiger partial charge in [0.25, 0.3) is 11.8 Å². The third kappa shape index (κ3) is 5.57. The highest BCUT2D eigenvalue weighted by molar-refractivity contribution is 6.31. The first kappa shape index (κ1) is 23.8. The van der Waals surface area contributed by atoms with Gasteiger partial charge in [-0.05, 0) is 72.5 Å². The Balaban J connectivity index is 1.41. The normalized spacial score (nSPS) is 15.6. The van der Waals surface area contributed by atoms with E-state index in [0.29, 0.717) is 35.5 Å². The van der Waals surface area contributed by atoms with Crippen molar-refractivity contribution in [2.24, 2.45) is 0 Å². The van der Waals surface area contributed by atoms with Gasteiger partial charge in [-0.25, -0.2) is 4.39 Å². The minimum atomic E-state index is -0.417. The summed E-state index contributed by atoms with van der Waals surface area (Å²) >= 11 is 6.05. The molecule has 1 aliphatic rings. The predicted molar refractivity (Wildman–Crippen MR) is 130 cm³/mol. The van der Waals surface area contributed by atoms with E-state index in [0.717, 1.165) is 18.4 Å². The second kappa shape index (κ2) is 10.7. The Morgan fingerprint density at radius 2 is 1.88 bits per heavy atom. The predicted octanol–water partition coefficient (Wildman–Crippen LogP) is 5.44. The van der Waals surface area contributed by atoms with Gasteiger partial charge in [0, 0.05) is 41.7 Å². The molecular formula is C27H26ClFN2O3. The van der Waals surface area contributed by atoms with E-state index in [-0.39, 0.29) is 29.3 Å². The lowest BCUT2D eigenvalue weighted by atomic mass is 9.89. The molecule has 0 unspecified atom stereocenters. The van der Waals surface area contributed by atoms with Crippen molar-refractivity contribution < 1.29 is 18.7 Å². The third-order valence-corrected chi connectivity index (χ3v) is 6.47. The van der Waals surface area contributed by atoms with Crippen LogP contribution in [0.4, 0.5) is 4.39 Å². The number of hydrogen-bond acceptors (Lipinski definition) is 3. The fourth-order valence-electron chi connectivity index (χ4n) is 4.23. The van der Waals surface area contributed by atoms with Crippen LogP contribution in [0.3, 0.4) is 0 Å². The molecule has 4 rings (SSSR count). The van der Waals surface area contributed by atoms with Crippen LogP contribution in [0.5, 0.6) is 5.75 Å². The maximum Gasteiger partial charge on any atom is 0.253 e. The number of methoxy groups -OCH3 is 1. The zero-order chi connectivity index (χ0) is 24.1. The summed E-state index contributed by atoms with van der Waals surface area (Å²) in [4.78, 5) is 27.6. The summed E-state index contributed by atoms with van der Waals surface area (Å²) in [6.45, 7) is 1.51. The summed E-state index contributed by atoms with van der Waals surface area (Å²) in [6, 6.07) is 18.7. The highest BCUT2D eigenvalue weighted by Crippen LogP contribution is 2.29. The Hall–Kier alpha value is -3.38. The van der Waals surface area contributed by atoms with Gasteiger partial charge in [0.2, 0.25) is 0 Å². The topological polar surface area (TPSA) is 58.6 Å². The summed E-state index contributed by atoms with van der Waals surface area (Å²) in [5.74, 6) is 0.210. The van der Waals surface area contributed by atoms with Crippen molar-refractivity contribution in [1.29, 1.82) is 0 Å². The molecule has 0 bridgehead atoms. The first-order valence-electron chi connectivity index (χ1n) is 11.2. The van der Waals surface area contributed by atoms with Crippen LogP contribution < -0.4 is 10.1 Å². The molecule has 0 saturated carbocycles. The molecule has 5 nitrogen and oxygen atoms in total. The molecule has 1 fully saturated rings. The molecule has 176 valence electrons. The number of carbonyl (C=O) groups is 2. The van der Waals surface area contributed by atoms with Crippen molar-refractivity contribution in [2.45, 2.75) is 25.3 Å². The lowest BCUT2D eigenvalue weighted by Gasteiger charge is -2.33. The summed E-state index contributed by atoms with van der Waals surface area (Å²) < 4.78 is 18.4. The molecule has 0 aromatic heterocycles. The Labute approximate surface area is 203 Å². The lowest BCUT2D eigenvalue weighted by molar-refractivity contribution is 0.0706. The van der Waals surface area contributed by atoms with Crippen LogP contribution in [0.2, 0.25) is 5.02 Å². The second-order valence-electron chi connectivity index (χ2n) is 8.36. The van der Waals surface area contributed by atoms with Crippen LogP contribution >= 0.6 is 11.6 Å². The number of carbonyl (C=O) groups excluding carboxylic acids is 2. The first-order valence-corrected chi connectivity index (χ1v) is 11.6. The first-order chi connectivity index (χ1) is 16.4. The molecule has 3 aromatic rings. The number of ether oxygens (including phenoxy) is 1. The molecule has 1 aliphatic heterocycles. The van der Waals surface area contributed by atoms with Crippen molar-refractivity contribution >= 4 is 23.4 Å². The largest absolute Gasteiger partial charge is 0.497 e. The van der Waals surface area contributed by atoms with Gasteiger partial charge in [-0.3, -0.25) is 9.59 Å². The molecule has 1 saturated heterocycles. The smallest absolute Gasteiger partial charge is 0.253 e. The monoisotopic (exact) mass is 480 g/mol. The number of likely N-dealkylation sites (tertiary alicyclic amines) is 1. The molecule has 34 heavy (non-hydrogen) atoms. The van der Waals surface area contributed by atoms with Gasteiger partial charge in [-0.1, -0.05) is 29.8 Å². The zero-order valence-electron chi connectivity index (χ0n) is 18.9. The number of hydrogen-bond donors (Lipinski definition) is 1. The van der Waals surface area contributed by atoms with Gasteiger partial charge < -0.3 is 15.0 Å². The van der Waals surface area contributed by atoms with Gasteiger partial charge >= 0.3 is 0 Å². The summed E-state index contributed by atoms with van der Waals surface area (Å²) in [5.41, 5.74) is 2.84. The number of nitrogens with one attached hydrogen (secondary N) is 1. The van der Waals surface area contributed by atoms with Crippen LogP contribution in [-0.2, 0) is 6.54 Å². The van der Waals surface area contributed by atoms with E-state index in [4.69, 9.17) is 16.3 Å². The van der Waals surface area contributed by atoms with Crippen molar-refractivity contribution in [1.82, 2.24) is 10.2 Å². The molecule has 0 aliphatic carbocycles. The number of amides is 2. The average molecular weight is 481 g/mol. The maximum absolute atomic E-state index is 13.2. The zero-order valence-corrected chi connectivity index (χ0v) is 19.6. The molecular weight excluding hydrogens is 455 g/mol. The van der Waals surface area contributed by atoms with E-state index in [9.17, 15) is 14.0 Å². The molecule has 0 radical (unpaired) electrons. The molecule has 0 spiro atoms. The standard InChI is InChI=1S/C27H26ClFN2O3/c1-34-24-11-8-18(9-12-24)27(33)31-13-3-6-22(17-31)19-4-2-5-20(14-19)26(32)30-16-21-7-10-23(29)15-25(21)28/h2,4-5,7-12,14-15,22H,3,6,13,16-17H2,1H3,(H,30,32)/t22-/m0/s1. The van der Waals surface area contributed by atoms with E-state index < -0.39 is 5.82 Å². The van der Waals surface area contributed by atoms with Crippen molar-refractivity contribution in [3.63, 3.8) is 0 Å². The van der Waals surface area contributed by atoms with Gasteiger partial charge in [0.05, 0.1) is 7.11 Å². The lowest BCUT2D eigenvalue weighted by Crippen LogP contribution is -2.39. The number of rotatable bonds is 6. The fourth-order valence-corrected chi connectivity index (χ4v) is 4.46. The molecule has 2 amide bonds. The van der Waals surface area contributed by atoms with Gasteiger partial charge in [-0.2, -0.15) is 0 Å². The van der Waals surface area contributed by atoms with Crippen LogP contribution in [0, 0.1) is 5.82 Å². The minimum Gasteiger partial charge on any atom is -0.497 e. The van der Waals surface area contributed by atoms with Crippen molar-refractivity contribution in [3.05, 3.63) is 99.8 Å². The Morgan fingerprint density at radius 3 is 2.62 bits per heavy atom. The average Bonchev–Trinajstić information content (AvgIpc) is 2.88. The summed E-state index contributed by atoms with van der Waals surface area (Å²) in [5, 5.41) is 3.12. The van der Waals surface area contributed by atoms with E-state index in [2.05, 4.69) is 5.32 Å². The number of nitrogens with zero attached hydrogens (tertiary/aromatic N) is 1. The summed E-state index contributed by atoms with van der Waals surface area (Å²) in [7, 11) is 1.60. The highest BCUT2D eigenvalue weighted by atomic mass is 35.5. The molecule has 1 atom stereocenters. The third-order valence-electron chi connectivity index (χ3n) is 6.12. The molecule has 7 heteroatoms. The molecule has 1 heterocycles. The van der Waals surface area contributed by atoms with E-state index >= 15 is 0 Å². The van der Waals surface area contributed by atoms with E-state index in [1.165, 1.54) is 12.1 Å². The molecule has 1 N–H and O–H groups in total. The summed E-state index contributed by atoms with van der Waals surface area (Å²) in [6.07, 6.45) is 1.84. The Kier molecular flexibility index (Phi) is 7.48. The van der Waals surface area contributed by atoms with Crippen molar-refractivity contribution in [3.8, 4) is 5.75 Å². The van der Waals surface area contributed by atoms with E-state index in [1.807, 2.05) is 23.1 Å². The minimum absolute atomic E-state index is 0.00238. The maximum atomic E-state index is 13.2. The van der Waals surface area contributed by atoms with Gasteiger partial charge in [0.1, 0.15) is 11.6 Å². The van der Waals surface area contributed by atoms with Gasteiger partial charge in [-0.15, -0.1) is 0 Å². The number of benzene rings is 3. The van der Waals surface area contributed by atoms with Crippen molar-refractivity contribution in [2.75, 3.05) is 20.2 Å². The van der Waals surface area contributed by atoms with Crippen LogP contribution in [0.25, 0.3) is 0 Å². The molecule has 3 aromatic carbocycles. The highest BCUT2D eigenvalue weighted by Gasteiger charge is 2.26. The Bertz CT molecular complexity index is 1180. The SMILES string of the molecule is COc1ccc(C(=O)N2CCC[C@H](c3cccc(C(=O)NCc4ccc(F)cc4Cl)c3)C2)cc1.